The highest BCUT2D eigenvalue weighted by Crippen LogP contribution is 2.34. The van der Waals surface area contributed by atoms with Crippen LogP contribution in [0.4, 0.5) is 5.95 Å². The van der Waals surface area contributed by atoms with Gasteiger partial charge in [0.1, 0.15) is 5.54 Å². The molecule has 2 amide bonds. The Kier molecular flexibility index (Phi) is 7.15. The number of carbonyl (C=O) groups excluding carboxylic acids is 2. The van der Waals surface area contributed by atoms with Crippen molar-refractivity contribution in [2.75, 3.05) is 32.1 Å². The van der Waals surface area contributed by atoms with Crippen LogP contribution in [0.3, 0.4) is 0 Å². The summed E-state index contributed by atoms with van der Waals surface area (Å²) in [5.41, 5.74) is 2.52. The summed E-state index contributed by atoms with van der Waals surface area (Å²) in [6.07, 6.45) is 3.69. The van der Waals surface area contributed by atoms with Gasteiger partial charge in [0.25, 0.3) is 5.91 Å². The van der Waals surface area contributed by atoms with Gasteiger partial charge in [0.15, 0.2) is 0 Å². The molecule has 3 aromatic rings. The zero-order chi connectivity index (χ0) is 25.0. The molecule has 0 bridgehead atoms. The van der Waals surface area contributed by atoms with Gasteiger partial charge in [-0.25, -0.2) is 9.97 Å². The average Bonchev–Trinajstić information content (AvgIpc) is 2.88. The van der Waals surface area contributed by atoms with E-state index in [1.807, 2.05) is 66.5 Å². The van der Waals surface area contributed by atoms with Gasteiger partial charge in [0.05, 0.1) is 5.69 Å². The highest BCUT2D eigenvalue weighted by atomic mass is 16.2. The first-order chi connectivity index (χ1) is 16.8. The average molecular weight is 472 g/mol. The molecule has 1 saturated heterocycles. The van der Waals surface area contributed by atoms with Gasteiger partial charge in [-0.15, -0.1) is 0 Å². The van der Waals surface area contributed by atoms with Gasteiger partial charge in [-0.2, -0.15) is 0 Å². The topological polar surface area (TPSA) is 78.4 Å². The normalized spacial score (nSPS) is 16.0. The van der Waals surface area contributed by atoms with Crippen LogP contribution in [0.2, 0.25) is 0 Å². The second-order valence-corrected chi connectivity index (χ2v) is 9.76. The van der Waals surface area contributed by atoms with E-state index in [0.29, 0.717) is 24.6 Å². The number of rotatable bonds is 6. The van der Waals surface area contributed by atoms with E-state index >= 15 is 0 Å². The SMILES string of the molecule is CN(C)c1ncc(-c2ccccc2)c(C2CCCN(C(=O)C(C)(C)NC(=O)c3ccccc3)C2)n1. The van der Waals surface area contributed by atoms with E-state index in [1.54, 1.807) is 26.0 Å². The Bertz CT molecular complexity index is 1180. The fraction of sp³-hybridized carbons (Fsp3) is 0.357. The largest absolute Gasteiger partial charge is 0.347 e. The van der Waals surface area contributed by atoms with E-state index in [4.69, 9.17) is 4.98 Å². The highest BCUT2D eigenvalue weighted by molar-refractivity contribution is 5.99. The number of nitrogens with zero attached hydrogens (tertiary/aromatic N) is 4. The molecule has 182 valence electrons. The molecule has 0 saturated carbocycles. The molecule has 7 heteroatoms. The fourth-order valence-corrected chi connectivity index (χ4v) is 4.53. The smallest absolute Gasteiger partial charge is 0.252 e. The quantitative estimate of drug-likeness (QED) is 0.585. The van der Waals surface area contributed by atoms with Gasteiger partial charge >= 0.3 is 0 Å². The summed E-state index contributed by atoms with van der Waals surface area (Å²) in [4.78, 5) is 39.5. The van der Waals surface area contributed by atoms with Crippen LogP contribution in [-0.2, 0) is 4.79 Å². The standard InChI is InChI=1S/C28H33N5O2/c1-28(2,31-25(34)21-14-9-6-10-15-21)26(35)33-17-11-16-22(19-33)24-23(20-12-7-5-8-13-20)18-29-27(30-24)32(3)4/h5-10,12-15,18,22H,11,16-17,19H2,1-4H3,(H,31,34). The third kappa shape index (κ3) is 5.50. The molecule has 1 aliphatic rings. The zero-order valence-electron chi connectivity index (χ0n) is 20.9. The van der Waals surface area contributed by atoms with Crippen molar-refractivity contribution < 1.29 is 9.59 Å². The Balaban J connectivity index is 1.57. The number of nitrogens with one attached hydrogen (secondary N) is 1. The molecule has 2 aromatic carbocycles. The minimum absolute atomic E-state index is 0.0743. The monoisotopic (exact) mass is 471 g/mol. The Hall–Kier alpha value is -3.74. The molecule has 35 heavy (non-hydrogen) atoms. The summed E-state index contributed by atoms with van der Waals surface area (Å²) in [5, 5.41) is 2.92. The van der Waals surface area contributed by atoms with Crippen molar-refractivity contribution in [3.63, 3.8) is 0 Å². The van der Waals surface area contributed by atoms with Crippen molar-refractivity contribution >= 4 is 17.8 Å². The van der Waals surface area contributed by atoms with E-state index in [2.05, 4.69) is 22.4 Å². The Morgan fingerprint density at radius 2 is 1.69 bits per heavy atom. The highest BCUT2D eigenvalue weighted by Gasteiger charge is 2.37. The number of hydrogen-bond acceptors (Lipinski definition) is 5. The number of aromatic nitrogens is 2. The van der Waals surface area contributed by atoms with Crippen LogP contribution in [0.5, 0.6) is 0 Å². The predicted octanol–water partition coefficient (Wildman–Crippen LogP) is 4.12. The first-order valence-corrected chi connectivity index (χ1v) is 12.0. The summed E-state index contributed by atoms with van der Waals surface area (Å²) in [5.74, 6) is 0.383. The number of carbonyl (C=O) groups is 2. The summed E-state index contributed by atoms with van der Waals surface area (Å²) in [7, 11) is 3.85. The molecule has 1 aliphatic heterocycles. The minimum atomic E-state index is -1.03. The molecule has 1 fully saturated rings. The Morgan fingerprint density at radius 1 is 1.03 bits per heavy atom. The lowest BCUT2D eigenvalue weighted by Gasteiger charge is -2.38. The van der Waals surface area contributed by atoms with Gasteiger partial charge in [0, 0.05) is 50.4 Å². The minimum Gasteiger partial charge on any atom is -0.347 e. The lowest BCUT2D eigenvalue weighted by Crippen LogP contribution is -2.57. The number of benzene rings is 2. The summed E-state index contributed by atoms with van der Waals surface area (Å²) in [6, 6.07) is 19.1. The molecule has 0 aliphatic carbocycles. The Labute approximate surface area is 207 Å². The van der Waals surface area contributed by atoms with Gasteiger partial charge in [-0.3, -0.25) is 9.59 Å². The number of amides is 2. The van der Waals surface area contributed by atoms with Crippen LogP contribution < -0.4 is 10.2 Å². The van der Waals surface area contributed by atoms with Crippen LogP contribution in [0, 0.1) is 0 Å². The summed E-state index contributed by atoms with van der Waals surface area (Å²) in [6.45, 7) is 4.74. The second kappa shape index (κ2) is 10.3. The van der Waals surface area contributed by atoms with Crippen molar-refractivity contribution in [3.05, 3.63) is 78.1 Å². The summed E-state index contributed by atoms with van der Waals surface area (Å²) < 4.78 is 0. The van der Waals surface area contributed by atoms with Crippen molar-refractivity contribution in [1.82, 2.24) is 20.2 Å². The Morgan fingerprint density at radius 3 is 2.34 bits per heavy atom. The van der Waals surface area contributed by atoms with Gasteiger partial charge in [-0.1, -0.05) is 48.5 Å². The van der Waals surface area contributed by atoms with Crippen molar-refractivity contribution in [3.8, 4) is 11.1 Å². The molecular formula is C28H33N5O2. The maximum absolute atomic E-state index is 13.6. The number of anilines is 1. The molecule has 1 unspecified atom stereocenters. The first-order valence-electron chi connectivity index (χ1n) is 12.0. The summed E-state index contributed by atoms with van der Waals surface area (Å²) >= 11 is 0. The van der Waals surface area contributed by atoms with Crippen LogP contribution >= 0.6 is 0 Å². The number of likely N-dealkylation sites (tertiary alicyclic amines) is 1. The first kappa shape index (κ1) is 24.4. The number of piperidine rings is 1. The van der Waals surface area contributed by atoms with Crippen LogP contribution in [-0.4, -0.2) is 59.4 Å². The van der Waals surface area contributed by atoms with Gasteiger partial charge < -0.3 is 15.1 Å². The lowest BCUT2D eigenvalue weighted by atomic mass is 9.89. The third-order valence-electron chi connectivity index (χ3n) is 6.38. The molecule has 2 heterocycles. The molecular weight excluding hydrogens is 438 g/mol. The fourth-order valence-electron chi connectivity index (χ4n) is 4.53. The lowest BCUT2D eigenvalue weighted by molar-refractivity contribution is -0.138. The van der Waals surface area contributed by atoms with Crippen LogP contribution in [0.1, 0.15) is 48.7 Å². The second-order valence-electron chi connectivity index (χ2n) is 9.76. The van der Waals surface area contributed by atoms with E-state index in [9.17, 15) is 9.59 Å². The molecule has 1 atom stereocenters. The van der Waals surface area contributed by atoms with E-state index in [1.165, 1.54) is 0 Å². The van der Waals surface area contributed by atoms with E-state index in [0.717, 1.165) is 29.7 Å². The maximum atomic E-state index is 13.6. The third-order valence-corrected chi connectivity index (χ3v) is 6.38. The molecule has 1 N–H and O–H groups in total. The van der Waals surface area contributed by atoms with E-state index in [-0.39, 0.29) is 17.7 Å². The molecule has 7 nitrogen and oxygen atoms in total. The predicted molar refractivity (Wildman–Crippen MR) is 138 cm³/mol. The van der Waals surface area contributed by atoms with Crippen molar-refractivity contribution in [2.24, 2.45) is 0 Å². The maximum Gasteiger partial charge on any atom is 0.252 e. The zero-order valence-corrected chi connectivity index (χ0v) is 20.9. The van der Waals surface area contributed by atoms with Crippen molar-refractivity contribution in [1.29, 1.82) is 0 Å². The van der Waals surface area contributed by atoms with Gasteiger partial charge in [0.2, 0.25) is 11.9 Å². The molecule has 4 rings (SSSR count). The van der Waals surface area contributed by atoms with Crippen LogP contribution in [0.25, 0.3) is 11.1 Å². The van der Waals surface area contributed by atoms with Gasteiger partial charge in [-0.05, 0) is 44.4 Å². The van der Waals surface area contributed by atoms with E-state index < -0.39 is 5.54 Å². The molecule has 0 spiro atoms. The van der Waals surface area contributed by atoms with Crippen molar-refractivity contribution in [2.45, 2.75) is 38.1 Å². The molecule has 0 radical (unpaired) electrons. The molecule has 1 aromatic heterocycles. The number of hydrogen-bond donors (Lipinski definition) is 1. The van der Waals surface area contributed by atoms with Crippen LogP contribution in [0.15, 0.2) is 66.9 Å².